The van der Waals surface area contributed by atoms with Gasteiger partial charge in [-0.3, -0.25) is 0 Å². The smallest absolute Gasteiger partial charge is 0.174 e. The monoisotopic (exact) mass is 201 g/mol. The summed E-state index contributed by atoms with van der Waals surface area (Å²) in [5.41, 5.74) is 0. The van der Waals surface area contributed by atoms with Crippen LogP contribution < -0.4 is 0 Å². The molecule has 2 atom stereocenters. The Bertz CT molecular complexity index is 151. The van der Waals surface area contributed by atoms with Crippen LogP contribution >= 0.6 is 34.8 Å². The number of hydrogen-bond donors (Lipinski definition) is 1. The number of aliphatic hydroxyl groups is 1. The summed E-state index contributed by atoms with van der Waals surface area (Å²) < 4.78 is -1.59. The van der Waals surface area contributed by atoms with Crippen LogP contribution in [0, 0.1) is 11.3 Å². The van der Waals surface area contributed by atoms with Crippen LogP contribution in [-0.4, -0.2) is 20.9 Å². The molecule has 0 amide bonds. The molecule has 0 heterocycles. The Morgan fingerprint density at radius 3 is 2.10 bits per heavy atom. The van der Waals surface area contributed by atoms with E-state index in [2.05, 4.69) is 0 Å². The summed E-state index contributed by atoms with van der Waals surface area (Å²) in [6, 6.07) is 1.49. The molecule has 2 nitrogen and oxygen atoms in total. The maximum absolute atomic E-state index is 8.85. The van der Waals surface area contributed by atoms with Crippen LogP contribution in [0.4, 0.5) is 0 Å². The van der Waals surface area contributed by atoms with Gasteiger partial charge in [-0.25, -0.2) is 0 Å². The summed E-state index contributed by atoms with van der Waals surface area (Å²) in [5, 5.41) is 16.4. The summed E-state index contributed by atoms with van der Waals surface area (Å²) in [4.78, 5) is 0. The van der Waals surface area contributed by atoms with Crippen LogP contribution in [-0.2, 0) is 0 Å². The van der Waals surface area contributed by atoms with E-state index in [-0.39, 0.29) is 0 Å². The van der Waals surface area contributed by atoms with Crippen molar-refractivity contribution in [2.45, 2.75) is 22.7 Å². The Morgan fingerprint density at radius 1 is 1.60 bits per heavy atom. The molecule has 0 rings (SSSR count). The van der Waals surface area contributed by atoms with E-state index in [0.29, 0.717) is 0 Å². The molecule has 0 aliphatic rings. The highest BCUT2D eigenvalue weighted by molar-refractivity contribution is 6.52. The molecule has 0 saturated heterocycles. The van der Waals surface area contributed by atoms with Gasteiger partial charge in [0.05, 0.1) is 11.4 Å². The largest absolute Gasteiger partial charge is 0.375 e. The zero-order valence-corrected chi connectivity index (χ0v) is 7.45. The standard InChI is InChI=1S/C5H6Cl3NO/c1-3(6)5(7,8)4(10)2-9/h3-4,10H,1H3. The predicted molar refractivity (Wildman–Crippen MR) is 41.4 cm³/mol. The number of nitrogens with zero attached hydrogens (tertiary/aromatic N) is 1. The predicted octanol–water partition coefficient (Wildman–Crippen LogP) is 1.67. The van der Waals surface area contributed by atoms with Gasteiger partial charge in [0.15, 0.2) is 10.4 Å². The molecule has 0 aromatic rings. The fraction of sp³-hybridized carbons (Fsp3) is 0.800. The van der Waals surface area contributed by atoms with Crippen molar-refractivity contribution in [3.8, 4) is 6.07 Å². The van der Waals surface area contributed by atoms with Crippen LogP contribution in [0.15, 0.2) is 0 Å². The molecule has 5 heteroatoms. The SMILES string of the molecule is CC(Cl)C(Cl)(Cl)C(O)C#N. The Hall–Kier alpha value is 0.320. The number of halogens is 3. The van der Waals surface area contributed by atoms with E-state index in [1.165, 1.54) is 13.0 Å². The highest BCUT2D eigenvalue weighted by Gasteiger charge is 2.38. The van der Waals surface area contributed by atoms with Crippen molar-refractivity contribution in [3.63, 3.8) is 0 Å². The lowest BCUT2D eigenvalue weighted by atomic mass is 10.2. The Morgan fingerprint density at radius 2 is 2.00 bits per heavy atom. The van der Waals surface area contributed by atoms with E-state index in [4.69, 9.17) is 45.2 Å². The summed E-state index contributed by atoms with van der Waals surface area (Å²) in [6.45, 7) is 1.50. The van der Waals surface area contributed by atoms with Gasteiger partial charge in [0, 0.05) is 0 Å². The molecule has 0 fully saturated rings. The minimum Gasteiger partial charge on any atom is -0.375 e. The normalized spacial score (nSPS) is 17.6. The summed E-state index contributed by atoms with van der Waals surface area (Å²) in [5.74, 6) is 0. The maximum Gasteiger partial charge on any atom is 0.174 e. The van der Waals surface area contributed by atoms with Crippen LogP contribution in [0.25, 0.3) is 0 Å². The van der Waals surface area contributed by atoms with E-state index in [1.807, 2.05) is 0 Å². The molecule has 0 saturated carbocycles. The van der Waals surface area contributed by atoms with Crippen molar-refractivity contribution in [3.05, 3.63) is 0 Å². The minimum atomic E-state index is -1.59. The first-order valence-electron chi connectivity index (χ1n) is 2.52. The maximum atomic E-state index is 8.85. The van der Waals surface area contributed by atoms with Crippen molar-refractivity contribution in [1.82, 2.24) is 0 Å². The van der Waals surface area contributed by atoms with Gasteiger partial charge in [0.2, 0.25) is 0 Å². The van der Waals surface area contributed by atoms with Crippen LogP contribution in [0.2, 0.25) is 0 Å². The lowest BCUT2D eigenvalue weighted by Gasteiger charge is -2.22. The van der Waals surface area contributed by atoms with Crippen LogP contribution in [0.1, 0.15) is 6.92 Å². The first-order valence-corrected chi connectivity index (χ1v) is 3.71. The molecule has 0 bridgehead atoms. The third-order valence-corrected chi connectivity index (χ3v) is 2.65. The van der Waals surface area contributed by atoms with Gasteiger partial charge in [0.1, 0.15) is 0 Å². The van der Waals surface area contributed by atoms with E-state index < -0.39 is 15.8 Å². The quantitative estimate of drug-likeness (QED) is 0.547. The number of aliphatic hydroxyl groups excluding tert-OH is 1. The van der Waals surface area contributed by atoms with Gasteiger partial charge in [0.25, 0.3) is 0 Å². The molecule has 1 N–H and O–H groups in total. The molecule has 0 spiro atoms. The van der Waals surface area contributed by atoms with Crippen molar-refractivity contribution in [1.29, 1.82) is 5.26 Å². The summed E-state index contributed by atoms with van der Waals surface area (Å²) in [7, 11) is 0. The Kier molecular flexibility index (Phi) is 3.75. The second kappa shape index (κ2) is 3.64. The van der Waals surface area contributed by atoms with Gasteiger partial charge in [-0.15, -0.1) is 11.6 Å². The second-order valence-corrected chi connectivity index (χ2v) is 3.92. The van der Waals surface area contributed by atoms with Crippen molar-refractivity contribution >= 4 is 34.8 Å². The second-order valence-electron chi connectivity index (χ2n) is 1.82. The number of alkyl halides is 3. The third-order valence-electron chi connectivity index (χ3n) is 1.02. The first-order chi connectivity index (χ1) is 4.42. The zero-order valence-electron chi connectivity index (χ0n) is 5.18. The molecule has 0 aliphatic heterocycles. The molecule has 0 aromatic heterocycles. The first kappa shape index (κ1) is 10.3. The Balaban J connectivity index is 4.27. The fourth-order valence-corrected chi connectivity index (χ4v) is 0.521. The molecule has 0 radical (unpaired) electrons. The third kappa shape index (κ3) is 2.17. The van der Waals surface area contributed by atoms with Gasteiger partial charge >= 0.3 is 0 Å². The molecular formula is C5H6Cl3NO. The number of nitriles is 1. The zero-order chi connectivity index (χ0) is 8.36. The topological polar surface area (TPSA) is 44.0 Å². The molecule has 58 valence electrons. The lowest BCUT2D eigenvalue weighted by molar-refractivity contribution is 0.209. The van der Waals surface area contributed by atoms with Crippen molar-refractivity contribution in [2.75, 3.05) is 0 Å². The van der Waals surface area contributed by atoms with Crippen LogP contribution in [0.3, 0.4) is 0 Å². The average Bonchev–Trinajstić information content (AvgIpc) is 1.86. The van der Waals surface area contributed by atoms with Crippen molar-refractivity contribution < 1.29 is 5.11 Å². The number of hydrogen-bond acceptors (Lipinski definition) is 2. The molecule has 0 aliphatic carbocycles. The fourth-order valence-electron chi connectivity index (χ4n) is 0.304. The van der Waals surface area contributed by atoms with Crippen molar-refractivity contribution in [2.24, 2.45) is 0 Å². The highest BCUT2D eigenvalue weighted by Crippen LogP contribution is 2.32. The van der Waals surface area contributed by atoms with E-state index >= 15 is 0 Å². The average molecular weight is 202 g/mol. The van der Waals surface area contributed by atoms with Gasteiger partial charge < -0.3 is 5.11 Å². The summed E-state index contributed by atoms with van der Waals surface area (Å²) >= 11 is 16.4. The number of rotatable bonds is 2. The van der Waals surface area contributed by atoms with Crippen LogP contribution in [0.5, 0.6) is 0 Å². The Labute approximate surface area is 74.3 Å². The van der Waals surface area contributed by atoms with E-state index in [0.717, 1.165) is 0 Å². The van der Waals surface area contributed by atoms with E-state index in [9.17, 15) is 0 Å². The highest BCUT2D eigenvalue weighted by atomic mass is 35.5. The molecule has 2 unspecified atom stereocenters. The van der Waals surface area contributed by atoms with Gasteiger partial charge in [-0.1, -0.05) is 23.2 Å². The summed E-state index contributed by atoms with van der Waals surface area (Å²) in [6.07, 6.45) is -1.46. The lowest BCUT2D eigenvalue weighted by Crippen LogP contribution is -2.37. The van der Waals surface area contributed by atoms with E-state index in [1.54, 1.807) is 0 Å². The molecule has 10 heavy (non-hydrogen) atoms. The molecular weight excluding hydrogens is 196 g/mol. The molecule has 0 aromatic carbocycles. The minimum absolute atomic E-state index is 0.675. The van der Waals surface area contributed by atoms with Gasteiger partial charge in [-0.2, -0.15) is 5.26 Å². The van der Waals surface area contributed by atoms with Gasteiger partial charge in [-0.05, 0) is 6.92 Å².